The molecule has 5 nitrogen and oxygen atoms in total. The number of piperidine rings is 1. The number of nitrogen functional groups attached to an aromatic ring is 1. The number of hydrogen-bond donors (Lipinski definition) is 1. The lowest BCUT2D eigenvalue weighted by molar-refractivity contribution is -0.141. The summed E-state index contributed by atoms with van der Waals surface area (Å²) in [7, 11) is 1.72. The van der Waals surface area contributed by atoms with Gasteiger partial charge in [0.15, 0.2) is 0 Å². The SMILES string of the molecule is COc1cccc2c1N(c1ccccc1N)CC21CCN(C(=O)C(C)(C)C)CC1. The van der Waals surface area contributed by atoms with Crippen molar-refractivity contribution in [3.8, 4) is 5.75 Å². The zero-order chi connectivity index (χ0) is 20.8. The molecule has 2 N–H and O–H groups in total. The third kappa shape index (κ3) is 3.22. The van der Waals surface area contributed by atoms with Gasteiger partial charge in [-0.25, -0.2) is 0 Å². The Morgan fingerprint density at radius 1 is 1.07 bits per heavy atom. The Bertz CT molecular complexity index is 924. The van der Waals surface area contributed by atoms with E-state index in [1.165, 1.54) is 5.56 Å². The summed E-state index contributed by atoms with van der Waals surface area (Å²) in [6.45, 7) is 8.41. The fraction of sp³-hybridized carbons (Fsp3) is 0.458. The molecular formula is C24H31N3O2. The summed E-state index contributed by atoms with van der Waals surface area (Å²) in [5, 5.41) is 0. The molecule has 0 atom stereocenters. The molecule has 2 aromatic carbocycles. The molecule has 5 heteroatoms. The van der Waals surface area contributed by atoms with Crippen molar-refractivity contribution in [3.63, 3.8) is 0 Å². The van der Waals surface area contributed by atoms with Crippen LogP contribution in [0.1, 0.15) is 39.2 Å². The van der Waals surface area contributed by atoms with E-state index in [1.54, 1.807) is 7.11 Å². The molecule has 0 unspecified atom stereocenters. The molecule has 154 valence electrons. The molecule has 0 bridgehead atoms. The molecule has 2 heterocycles. The predicted molar refractivity (Wildman–Crippen MR) is 118 cm³/mol. The van der Waals surface area contributed by atoms with Gasteiger partial charge in [-0.2, -0.15) is 0 Å². The van der Waals surface area contributed by atoms with Gasteiger partial charge in [-0.3, -0.25) is 4.79 Å². The summed E-state index contributed by atoms with van der Waals surface area (Å²) in [6.07, 6.45) is 1.89. The van der Waals surface area contributed by atoms with Crippen LogP contribution in [0.3, 0.4) is 0 Å². The number of hydrogen-bond acceptors (Lipinski definition) is 4. The number of anilines is 3. The van der Waals surface area contributed by atoms with Gasteiger partial charge >= 0.3 is 0 Å². The number of para-hydroxylation sites is 3. The van der Waals surface area contributed by atoms with Gasteiger partial charge in [0.1, 0.15) is 5.75 Å². The zero-order valence-corrected chi connectivity index (χ0v) is 17.9. The van der Waals surface area contributed by atoms with Gasteiger partial charge < -0.3 is 20.3 Å². The van der Waals surface area contributed by atoms with Crippen LogP contribution in [0.15, 0.2) is 42.5 Å². The van der Waals surface area contributed by atoms with Crippen LogP contribution in [0.4, 0.5) is 17.1 Å². The largest absolute Gasteiger partial charge is 0.495 e. The van der Waals surface area contributed by atoms with Crippen molar-refractivity contribution in [2.45, 2.75) is 39.0 Å². The van der Waals surface area contributed by atoms with Gasteiger partial charge in [0.2, 0.25) is 5.91 Å². The van der Waals surface area contributed by atoms with Crippen molar-refractivity contribution < 1.29 is 9.53 Å². The Morgan fingerprint density at radius 2 is 1.76 bits per heavy atom. The molecule has 0 aromatic heterocycles. The molecule has 4 rings (SSSR count). The highest BCUT2D eigenvalue weighted by Gasteiger charge is 2.47. The maximum atomic E-state index is 12.8. The lowest BCUT2D eigenvalue weighted by Crippen LogP contribution is -2.49. The van der Waals surface area contributed by atoms with E-state index in [1.807, 2.05) is 49.9 Å². The van der Waals surface area contributed by atoms with Gasteiger partial charge in [-0.1, -0.05) is 45.0 Å². The Labute approximate surface area is 173 Å². The number of carbonyl (C=O) groups excluding carboxylic acids is 1. The second-order valence-electron chi connectivity index (χ2n) is 9.32. The monoisotopic (exact) mass is 393 g/mol. The summed E-state index contributed by atoms with van der Waals surface area (Å²) in [5.74, 6) is 1.11. The Balaban J connectivity index is 1.71. The van der Waals surface area contributed by atoms with Gasteiger partial charge in [0.25, 0.3) is 0 Å². The number of ether oxygens (including phenoxy) is 1. The topological polar surface area (TPSA) is 58.8 Å². The highest BCUT2D eigenvalue weighted by Crippen LogP contribution is 2.54. The first kappa shape index (κ1) is 19.6. The summed E-state index contributed by atoms with van der Waals surface area (Å²) < 4.78 is 5.74. The first-order chi connectivity index (χ1) is 13.8. The van der Waals surface area contributed by atoms with Crippen molar-refractivity contribution in [1.82, 2.24) is 4.90 Å². The fourth-order valence-electron chi connectivity index (χ4n) is 4.84. The molecular weight excluding hydrogens is 362 g/mol. The number of fused-ring (bicyclic) bond motifs is 2. The number of likely N-dealkylation sites (tertiary alicyclic amines) is 1. The van der Waals surface area contributed by atoms with Gasteiger partial charge in [0, 0.05) is 30.5 Å². The minimum atomic E-state index is -0.341. The van der Waals surface area contributed by atoms with Gasteiger partial charge in [-0.05, 0) is 36.6 Å². The molecule has 1 saturated heterocycles. The summed E-state index contributed by atoms with van der Waals surface area (Å²) in [4.78, 5) is 17.1. The minimum Gasteiger partial charge on any atom is -0.495 e. The Morgan fingerprint density at radius 3 is 2.38 bits per heavy atom. The molecule has 29 heavy (non-hydrogen) atoms. The number of carbonyl (C=O) groups is 1. The Hall–Kier alpha value is -2.69. The lowest BCUT2D eigenvalue weighted by Gasteiger charge is -2.42. The molecule has 1 fully saturated rings. The first-order valence-corrected chi connectivity index (χ1v) is 10.4. The van der Waals surface area contributed by atoms with Crippen LogP contribution in [0, 0.1) is 5.41 Å². The fourth-order valence-corrected chi connectivity index (χ4v) is 4.84. The number of amides is 1. The van der Waals surface area contributed by atoms with Crippen LogP contribution in [-0.4, -0.2) is 37.6 Å². The molecule has 2 aliphatic heterocycles. The minimum absolute atomic E-state index is 0.000813. The number of benzene rings is 2. The maximum absolute atomic E-state index is 12.8. The van der Waals surface area contributed by atoms with Crippen LogP contribution in [0.2, 0.25) is 0 Å². The van der Waals surface area contributed by atoms with Crippen molar-refractivity contribution >= 4 is 23.0 Å². The second-order valence-corrected chi connectivity index (χ2v) is 9.32. The number of rotatable bonds is 2. The van der Waals surface area contributed by atoms with E-state index in [0.29, 0.717) is 0 Å². The van der Waals surface area contributed by atoms with Crippen molar-refractivity contribution in [1.29, 1.82) is 0 Å². The van der Waals surface area contributed by atoms with Gasteiger partial charge in [0.05, 0.1) is 24.2 Å². The van der Waals surface area contributed by atoms with Crippen molar-refractivity contribution in [2.24, 2.45) is 5.41 Å². The Kier molecular flexibility index (Phi) is 4.72. The van der Waals surface area contributed by atoms with Crippen LogP contribution in [0.25, 0.3) is 0 Å². The molecule has 2 aliphatic rings. The van der Waals surface area contributed by atoms with Gasteiger partial charge in [-0.15, -0.1) is 0 Å². The predicted octanol–water partition coefficient (Wildman–Crippen LogP) is 4.34. The van der Waals surface area contributed by atoms with E-state index in [2.05, 4.69) is 23.1 Å². The van der Waals surface area contributed by atoms with Crippen molar-refractivity contribution in [3.05, 3.63) is 48.0 Å². The third-order valence-electron chi connectivity index (χ3n) is 6.40. The van der Waals surface area contributed by atoms with E-state index in [0.717, 1.165) is 55.3 Å². The molecule has 1 amide bonds. The number of nitrogens with two attached hydrogens (primary N) is 1. The molecule has 0 aliphatic carbocycles. The van der Waals surface area contributed by atoms with Crippen LogP contribution < -0.4 is 15.4 Å². The number of methoxy groups -OCH3 is 1. The highest BCUT2D eigenvalue weighted by atomic mass is 16.5. The van der Waals surface area contributed by atoms with E-state index >= 15 is 0 Å². The summed E-state index contributed by atoms with van der Waals surface area (Å²) in [5.41, 5.74) is 10.2. The van der Waals surface area contributed by atoms with E-state index in [9.17, 15) is 4.79 Å². The normalized spacial score (nSPS) is 18.1. The third-order valence-corrected chi connectivity index (χ3v) is 6.40. The molecule has 1 spiro atoms. The summed E-state index contributed by atoms with van der Waals surface area (Å²) >= 11 is 0. The molecule has 2 aromatic rings. The lowest BCUT2D eigenvalue weighted by atomic mass is 9.74. The van der Waals surface area contributed by atoms with E-state index in [4.69, 9.17) is 10.5 Å². The van der Waals surface area contributed by atoms with E-state index < -0.39 is 0 Å². The second kappa shape index (κ2) is 6.97. The maximum Gasteiger partial charge on any atom is 0.227 e. The van der Waals surface area contributed by atoms with Crippen molar-refractivity contribution in [2.75, 3.05) is 37.4 Å². The van der Waals surface area contributed by atoms with E-state index in [-0.39, 0.29) is 16.7 Å². The highest BCUT2D eigenvalue weighted by molar-refractivity contribution is 5.84. The van der Waals surface area contributed by atoms with Crippen LogP contribution in [-0.2, 0) is 10.2 Å². The zero-order valence-electron chi connectivity index (χ0n) is 17.9. The van der Waals surface area contributed by atoms with Crippen LogP contribution in [0.5, 0.6) is 5.75 Å². The smallest absolute Gasteiger partial charge is 0.227 e. The first-order valence-electron chi connectivity index (χ1n) is 10.4. The summed E-state index contributed by atoms with van der Waals surface area (Å²) in [6, 6.07) is 14.3. The average molecular weight is 394 g/mol. The molecule has 0 radical (unpaired) electrons. The number of nitrogens with zero attached hydrogens (tertiary/aromatic N) is 2. The van der Waals surface area contributed by atoms with Crippen LogP contribution >= 0.6 is 0 Å². The quantitative estimate of drug-likeness (QED) is 0.772. The molecule has 0 saturated carbocycles. The standard InChI is InChI=1S/C24H31N3O2/c1-23(2,3)22(28)26-14-12-24(13-15-26)16-27(19-10-6-5-9-18(19)25)21-17(24)8-7-11-20(21)29-4/h5-11H,12-16,25H2,1-4H3. The average Bonchev–Trinajstić information content (AvgIpc) is 3.02.